The van der Waals surface area contributed by atoms with Crippen molar-refractivity contribution >= 4 is 28.3 Å². The van der Waals surface area contributed by atoms with Gasteiger partial charge in [0.25, 0.3) is 0 Å². The minimum absolute atomic E-state index is 0. The van der Waals surface area contributed by atoms with Crippen LogP contribution in [0, 0.1) is 44.2 Å². The van der Waals surface area contributed by atoms with Gasteiger partial charge in [-0.25, -0.2) is 8.78 Å². The fourth-order valence-corrected chi connectivity index (χ4v) is 13.2. The van der Waals surface area contributed by atoms with Crippen LogP contribution >= 0.6 is 11.6 Å². The van der Waals surface area contributed by atoms with Crippen molar-refractivity contribution in [3.63, 3.8) is 0 Å². The number of allylic oxidation sites excluding steroid dienone is 1. The molecule has 3 aliphatic heterocycles. The average Bonchev–Trinajstić information content (AvgIpc) is 4.18. The number of likely N-dealkylation sites (tertiary alicyclic amines) is 2. The van der Waals surface area contributed by atoms with E-state index >= 15 is 4.39 Å². The molecule has 11 heteroatoms. The van der Waals surface area contributed by atoms with E-state index < -0.39 is 5.82 Å². The first-order valence-electron chi connectivity index (χ1n) is 27.8. The molecule has 4 aromatic carbocycles. The van der Waals surface area contributed by atoms with Gasteiger partial charge in [-0.1, -0.05) is 126 Å². The zero-order chi connectivity index (χ0) is 52.3. The van der Waals surface area contributed by atoms with E-state index in [-0.39, 0.29) is 59.2 Å². The molecule has 3 saturated heterocycles. The van der Waals surface area contributed by atoms with Gasteiger partial charge in [-0.3, -0.25) is 4.68 Å². The largest absolute Gasteiger partial charge is 1.00 e. The monoisotopic (exact) mass is 1060 g/mol. The molecule has 5 fully saturated rings. The SMILES string of the molecule is C=C1CCN(c2nn(C3CC3)c3cc(C4CCN(CC5CCN(C(=C)C6CC[CH-]CC6)CC5)CC4)ccc23)C(=C)N1.C=CN.CCCc1ccc(C)c(-c2c(Cl)c(F)cc3c2C(C)C(C)(c2ccccc2)C3)c1F.[CH3-].[Na+]. The van der Waals surface area contributed by atoms with Gasteiger partial charge in [-0.2, -0.15) is 17.9 Å². The van der Waals surface area contributed by atoms with Gasteiger partial charge >= 0.3 is 29.6 Å². The van der Waals surface area contributed by atoms with E-state index in [0.717, 1.165) is 65.2 Å². The van der Waals surface area contributed by atoms with E-state index in [4.69, 9.17) is 16.7 Å². The van der Waals surface area contributed by atoms with Gasteiger partial charge < -0.3 is 39.6 Å². The number of nitrogens with one attached hydrogen (secondary N) is 1. The van der Waals surface area contributed by atoms with E-state index in [1.54, 1.807) is 6.07 Å². The van der Waals surface area contributed by atoms with Crippen LogP contribution in [-0.2, 0) is 18.3 Å². The molecule has 6 aliphatic rings. The predicted molar refractivity (Wildman–Crippen MR) is 312 cm³/mol. The summed E-state index contributed by atoms with van der Waals surface area (Å²) >= 11 is 6.55. The van der Waals surface area contributed by atoms with Crippen molar-refractivity contribution in [2.45, 2.75) is 141 Å². The summed E-state index contributed by atoms with van der Waals surface area (Å²) in [6.45, 7) is 31.3. The van der Waals surface area contributed by atoms with Gasteiger partial charge in [0, 0.05) is 65.9 Å². The Bertz CT molecular complexity index is 2840. The molecule has 2 unspecified atom stereocenters. The van der Waals surface area contributed by atoms with Crippen LogP contribution in [0.5, 0.6) is 0 Å². The maximum Gasteiger partial charge on any atom is 1.00 e. The van der Waals surface area contributed by atoms with Crippen LogP contribution in [0.1, 0.15) is 149 Å². The molecule has 0 spiro atoms. The molecule has 7 nitrogen and oxygen atoms in total. The molecule has 11 rings (SSSR count). The number of anilines is 1. The Morgan fingerprint density at radius 1 is 0.921 bits per heavy atom. The molecule has 5 aromatic rings. The van der Waals surface area contributed by atoms with Crippen LogP contribution in [0.3, 0.4) is 0 Å². The molecular formula is C65H84ClF2N7Na-. The molecule has 2 saturated carbocycles. The van der Waals surface area contributed by atoms with Crippen molar-refractivity contribution < 1.29 is 38.3 Å². The summed E-state index contributed by atoms with van der Waals surface area (Å²) in [6.07, 6.45) is 19.6. The van der Waals surface area contributed by atoms with Crippen molar-refractivity contribution in [2.75, 3.05) is 44.2 Å². The fraction of sp³-hybridized carbons (Fsp3) is 0.462. The Morgan fingerprint density at radius 2 is 1.61 bits per heavy atom. The number of halogens is 3. The normalized spacial score (nSPS) is 21.3. The quantitative estimate of drug-likeness (QED) is 0.102. The van der Waals surface area contributed by atoms with E-state index in [2.05, 4.69) is 107 Å². The Kier molecular flexibility index (Phi) is 20.3. The van der Waals surface area contributed by atoms with E-state index in [1.807, 2.05) is 44.2 Å². The van der Waals surface area contributed by atoms with Gasteiger partial charge in [0.15, 0.2) is 5.82 Å². The van der Waals surface area contributed by atoms with E-state index in [1.165, 1.54) is 131 Å². The van der Waals surface area contributed by atoms with E-state index in [9.17, 15) is 4.39 Å². The second kappa shape index (κ2) is 26.1. The minimum atomic E-state index is -0.477. The molecule has 0 bridgehead atoms. The number of rotatable bonds is 11. The average molecular weight is 1060 g/mol. The summed E-state index contributed by atoms with van der Waals surface area (Å²) in [6, 6.07) is 23.3. The van der Waals surface area contributed by atoms with Gasteiger partial charge in [0.1, 0.15) is 17.5 Å². The summed E-state index contributed by atoms with van der Waals surface area (Å²) in [4.78, 5) is 7.63. The molecule has 3 aliphatic carbocycles. The van der Waals surface area contributed by atoms with E-state index in [0.29, 0.717) is 41.5 Å². The summed E-state index contributed by atoms with van der Waals surface area (Å²) < 4.78 is 32.9. The number of nitrogens with two attached hydrogens (primary N) is 1. The number of hydrogen-bond donors (Lipinski definition) is 2. The van der Waals surface area contributed by atoms with Crippen LogP contribution in [0.15, 0.2) is 116 Å². The fourth-order valence-electron chi connectivity index (χ4n) is 13.0. The Morgan fingerprint density at radius 3 is 2.25 bits per heavy atom. The third-order valence-corrected chi connectivity index (χ3v) is 17.9. The van der Waals surface area contributed by atoms with Crippen molar-refractivity contribution in [3.8, 4) is 11.1 Å². The number of aryl methyl sites for hydroxylation is 2. The first kappa shape index (κ1) is 59.3. The summed E-state index contributed by atoms with van der Waals surface area (Å²) in [5.41, 5.74) is 15.2. The molecular weight excluding hydrogens is 975 g/mol. The molecule has 76 heavy (non-hydrogen) atoms. The van der Waals surface area contributed by atoms with Gasteiger partial charge in [0.05, 0.1) is 16.6 Å². The Balaban J connectivity index is 0.000000214. The van der Waals surface area contributed by atoms with Gasteiger partial charge in [-0.05, 0) is 153 Å². The number of piperidine rings is 2. The molecule has 3 N–H and O–H groups in total. The Labute approximate surface area is 482 Å². The standard InChI is InChI=1S/C35H49N6.C27H27ClF2.C2H5N.CH3.Na/c1-25-13-22-40(27(3)36-25)35-33-12-9-31(23-34(33)41(37-35)32-10-11-32)30-16-18-38(19-17-30)24-28-14-20-39(21-15-28)26(2)29-7-5-4-6-8-29;1-5-9-18-13-12-16(2)22(26(18)30)24-23-17(3)27(4,20-10-7-6-8-11-20)15-19(23)14-21(29)25(24)28;1-2-3;;/h4,9,12,23,28-30,32,36H,1-3,5-8,10-11,13-22,24H2;6-8,10-14,17H,5,9,15H2,1-4H3;2H,1,3H2;1H3;/q-1;;;-1;+1. The maximum atomic E-state index is 15.6. The second-order valence-corrected chi connectivity index (χ2v) is 22.9. The number of hydrogen-bond acceptors (Lipinski definition) is 6. The van der Waals surface area contributed by atoms with Crippen LogP contribution in [0.4, 0.5) is 14.6 Å². The van der Waals surface area contributed by atoms with Crippen LogP contribution in [0.25, 0.3) is 22.0 Å². The van der Waals surface area contributed by atoms with Crippen LogP contribution in [-0.4, -0.2) is 58.8 Å². The van der Waals surface area contributed by atoms with Crippen LogP contribution < -0.4 is 45.5 Å². The molecule has 0 radical (unpaired) electrons. The first-order valence-corrected chi connectivity index (χ1v) is 28.2. The molecule has 4 heterocycles. The zero-order valence-corrected chi connectivity index (χ0v) is 49.6. The number of fused-ring (bicyclic) bond motifs is 2. The van der Waals surface area contributed by atoms with Gasteiger partial charge in [0.2, 0.25) is 0 Å². The number of benzene rings is 4. The third-order valence-electron chi connectivity index (χ3n) is 17.6. The summed E-state index contributed by atoms with van der Waals surface area (Å²) in [7, 11) is 0. The molecule has 1 aromatic heterocycles. The predicted octanol–water partition coefficient (Wildman–Crippen LogP) is 12.7. The van der Waals surface area contributed by atoms with Crippen LogP contribution in [0.2, 0.25) is 5.02 Å². The number of aromatic nitrogens is 2. The molecule has 402 valence electrons. The van der Waals surface area contributed by atoms with Crippen molar-refractivity contribution in [2.24, 2.45) is 17.6 Å². The first-order chi connectivity index (χ1) is 35.7. The minimum Gasteiger partial charge on any atom is -0.405 e. The topological polar surface area (TPSA) is 65.6 Å². The summed E-state index contributed by atoms with van der Waals surface area (Å²) in [5.74, 6) is 3.47. The Hall–Kier alpha value is -4.38. The van der Waals surface area contributed by atoms with Gasteiger partial charge in [-0.15, -0.1) is 0 Å². The molecule has 2 atom stereocenters. The summed E-state index contributed by atoms with van der Waals surface area (Å²) in [5, 5.41) is 9.77. The molecule has 0 amide bonds. The maximum absolute atomic E-state index is 15.6. The number of nitrogens with zero attached hydrogens (tertiary/aromatic N) is 5. The zero-order valence-electron chi connectivity index (χ0n) is 46.8. The van der Waals surface area contributed by atoms with Crippen molar-refractivity contribution in [3.05, 3.63) is 180 Å². The van der Waals surface area contributed by atoms with Crippen molar-refractivity contribution in [1.29, 1.82) is 0 Å². The smallest absolute Gasteiger partial charge is 0.405 e. The second-order valence-electron chi connectivity index (χ2n) is 22.5. The van der Waals surface area contributed by atoms with Crippen molar-refractivity contribution in [1.82, 2.24) is 24.9 Å². The third kappa shape index (κ3) is 12.6.